The van der Waals surface area contributed by atoms with Gasteiger partial charge in [-0.1, -0.05) is 6.92 Å². The highest BCUT2D eigenvalue weighted by Gasteiger charge is 2.43. The third kappa shape index (κ3) is 1.55. The fraction of sp³-hybridized carbons (Fsp3) is 0.714. The zero-order valence-corrected chi connectivity index (χ0v) is 5.75. The molecule has 1 aliphatic rings. The average Bonchev–Trinajstić information content (AvgIpc) is 2.66. The molecule has 0 spiro atoms. The van der Waals surface area contributed by atoms with Crippen molar-refractivity contribution in [2.75, 3.05) is 6.61 Å². The molecule has 2 unspecified atom stereocenters. The Bertz CT molecular complexity index is 133. The van der Waals surface area contributed by atoms with Crippen molar-refractivity contribution in [3.63, 3.8) is 0 Å². The maximum absolute atomic E-state index is 10.9. The molecule has 0 aliphatic carbocycles. The van der Waals surface area contributed by atoms with Gasteiger partial charge in [0, 0.05) is 6.42 Å². The van der Waals surface area contributed by atoms with Crippen LogP contribution in [0, 0.1) is 6.92 Å². The van der Waals surface area contributed by atoms with E-state index in [-0.39, 0.29) is 24.6 Å². The first-order valence-electron chi connectivity index (χ1n) is 3.38. The van der Waals surface area contributed by atoms with Crippen LogP contribution in [0.15, 0.2) is 0 Å². The molecule has 0 aromatic rings. The highest BCUT2D eigenvalue weighted by atomic mass is 16.6. The maximum Gasteiger partial charge on any atom is 0.164 e. The van der Waals surface area contributed by atoms with E-state index in [1.165, 1.54) is 0 Å². The van der Waals surface area contributed by atoms with Crippen LogP contribution in [-0.4, -0.2) is 29.7 Å². The topological polar surface area (TPSA) is 49.8 Å². The number of carbonyl (C=O) groups excluding carboxylic acids is 1. The molecular formula is C7H11O3. The lowest BCUT2D eigenvalue weighted by Crippen LogP contribution is -2.10. The van der Waals surface area contributed by atoms with Gasteiger partial charge in [0.05, 0.1) is 6.61 Å². The van der Waals surface area contributed by atoms with E-state index >= 15 is 0 Å². The fourth-order valence-corrected chi connectivity index (χ4v) is 0.881. The molecule has 0 bridgehead atoms. The van der Waals surface area contributed by atoms with E-state index in [4.69, 9.17) is 9.84 Å². The summed E-state index contributed by atoms with van der Waals surface area (Å²) in [5.41, 5.74) is 0. The smallest absolute Gasteiger partial charge is 0.164 e. The lowest BCUT2D eigenvalue weighted by atomic mass is 10.1. The Labute approximate surface area is 60.0 Å². The van der Waals surface area contributed by atoms with Crippen molar-refractivity contribution in [1.82, 2.24) is 0 Å². The zero-order chi connectivity index (χ0) is 7.56. The van der Waals surface area contributed by atoms with Crippen LogP contribution >= 0.6 is 0 Å². The number of aliphatic hydroxyl groups excluding tert-OH is 1. The van der Waals surface area contributed by atoms with Gasteiger partial charge in [-0.15, -0.1) is 0 Å². The summed E-state index contributed by atoms with van der Waals surface area (Å²) < 4.78 is 4.85. The lowest BCUT2D eigenvalue weighted by Gasteiger charge is -1.89. The molecule has 0 amide bonds. The fourth-order valence-electron chi connectivity index (χ4n) is 0.881. The number of aliphatic hydroxyl groups is 1. The van der Waals surface area contributed by atoms with Crippen LogP contribution in [0.3, 0.4) is 0 Å². The molecule has 57 valence electrons. The van der Waals surface area contributed by atoms with E-state index in [1.54, 1.807) is 0 Å². The molecule has 0 saturated carbocycles. The number of carbonyl (C=O) groups is 1. The quantitative estimate of drug-likeness (QED) is 0.560. The van der Waals surface area contributed by atoms with Crippen molar-refractivity contribution in [3.8, 4) is 0 Å². The summed E-state index contributed by atoms with van der Waals surface area (Å²) in [6, 6.07) is 0. The second-order valence-electron chi connectivity index (χ2n) is 2.35. The van der Waals surface area contributed by atoms with E-state index in [9.17, 15) is 4.79 Å². The van der Waals surface area contributed by atoms with Crippen molar-refractivity contribution >= 4 is 5.78 Å². The van der Waals surface area contributed by atoms with Gasteiger partial charge in [0.15, 0.2) is 5.78 Å². The second kappa shape index (κ2) is 3.12. The van der Waals surface area contributed by atoms with Crippen molar-refractivity contribution < 1.29 is 14.6 Å². The molecule has 3 nitrogen and oxygen atoms in total. The van der Waals surface area contributed by atoms with Crippen LogP contribution < -0.4 is 0 Å². The minimum absolute atomic E-state index is 0.0481. The summed E-state index contributed by atoms with van der Waals surface area (Å²) >= 11 is 0. The van der Waals surface area contributed by atoms with Crippen LogP contribution in [0.5, 0.6) is 0 Å². The Balaban J connectivity index is 2.19. The molecule has 0 aromatic carbocycles. The molecule has 1 N–H and O–H groups in total. The molecule has 10 heavy (non-hydrogen) atoms. The molecule has 1 saturated heterocycles. The third-order valence-corrected chi connectivity index (χ3v) is 1.50. The Hall–Kier alpha value is -0.410. The minimum atomic E-state index is -0.327. The lowest BCUT2D eigenvalue weighted by molar-refractivity contribution is -0.120. The van der Waals surface area contributed by atoms with Gasteiger partial charge in [-0.05, 0) is 6.42 Å². The van der Waals surface area contributed by atoms with Crippen LogP contribution in [0.25, 0.3) is 0 Å². The summed E-state index contributed by atoms with van der Waals surface area (Å²) in [6.07, 6.45) is 0.517. The Kier molecular flexibility index (Phi) is 2.40. The van der Waals surface area contributed by atoms with Crippen LogP contribution in [0.1, 0.15) is 12.8 Å². The summed E-state index contributed by atoms with van der Waals surface area (Å²) in [5, 5.41) is 8.50. The molecule has 1 rings (SSSR count). The second-order valence-corrected chi connectivity index (χ2v) is 2.35. The Morgan fingerprint density at radius 2 is 2.40 bits per heavy atom. The number of ether oxygens (including phenoxy) is 1. The SMILES string of the molecule is [CH2]CCC(=O)C1OC1CO. The number of hydrogen-bond donors (Lipinski definition) is 1. The number of epoxide rings is 1. The predicted molar refractivity (Wildman–Crippen MR) is 35.3 cm³/mol. The molecule has 1 aliphatic heterocycles. The summed E-state index contributed by atoms with van der Waals surface area (Å²) in [7, 11) is 0. The molecule has 1 heterocycles. The molecule has 1 fully saturated rings. The van der Waals surface area contributed by atoms with Gasteiger partial charge in [0.2, 0.25) is 0 Å². The number of hydrogen-bond acceptors (Lipinski definition) is 3. The first-order valence-corrected chi connectivity index (χ1v) is 3.38. The van der Waals surface area contributed by atoms with Gasteiger partial charge in [0.25, 0.3) is 0 Å². The number of Topliss-reactive ketones (excluding diaryl/α,β-unsaturated/α-hetero) is 1. The van der Waals surface area contributed by atoms with Crippen LogP contribution in [-0.2, 0) is 9.53 Å². The standard InChI is InChI=1S/C7H11O3/c1-2-3-5(9)7-6(4-8)10-7/h6-8H,1-4H2. The van der Waals surface area contributed by atoms with Gasteiger partial charge < -0.3 is 9.84 Å². The van der Waals surface area contributed by atoms with Gasteiger partial charge in [0.1, 0.15) is 12.2 Å². The van der Waals surface area contributed by atoms with Crippen molar-refractivity contribution in [1.29, 1.82) is 0 Å². The van der Waals surface area contributed by atoms with Gasteiger partial charge >= 0.3 is 0 Å². The minimum Gasteiger partial charge on any atom is -0.394 e. The maximum atomic E-state index is 10.9. The van der Waals surface area contributed by atoms with Gasteiger partial charge in [-0.2, -0.15) is 0 Å². The first kappa shape index (κ1) is 7.69. The summed E-state index contributed by atoms with van der Waals surface area (Å²) in [6.45, 7) is 3.50. The number of rotatable bonds is 4. The molecule has 2 atom stereocenters. The van der Waals surface area contributed by atoms with E-state index in [0.29, 0.717) is 12.8 Å². The van der Waals surface area contributed by atoms with Crippen molar-refractivity contribution in [3.05, 3.63) is 6.92 Å². The van der Waals surface area contributed by atoms with E-state index in [0.717, 1.165) is 0 Å². The monoisotopic (exact) mass is 143 g/mol. The Morgan fingerprint density at radius 1 is 1.70 bits per heavy atom. The Morgan fingerprint density at radius 3 is 2.80 bits per heavy atom. The van der Waals surface area contributed by atoms with Gasteiger partial charge in [-0.25, -0.2) is 0 Å². The van der Waals surface area contributed by atoms with Crippen LogP contribution in [0.4, 0.5) is 0 Å². The highest BCUT2D eigenvalue weighted by molar-refractivity contribution is 5.85. The van der Waals surface area contributed by atoms with Crippen LogP contribution in [0.2, 0.25) is 0 Å². The molecule has 3 heteroatoms. The largest absolute Gasteiger partial charge is 0.394 e. The highest BCUT2D eigenvalue weighted by Crippen LogP contribution is 2.23. The molecular weight excluding hydrogens is 132 g/mol. The summed E-state index contributed by atoms with van der Waals surface area (Å²) in [4.78, 5) is 10.9. The third-order valence-electron chi connectivity index (χ3n) is 1.50. The average molecular weight is 143 g/mol. The molecule has 1 radical (unpaired) electrons. The van der Waals surface area contributed by atoms with E-state index < -0.39 is 0 Å². The normalized spacial score (nSPS) is 30.2. The zero-order valence-electron chi connectivity index (χ0n) is 5.75. The van der Waals surface area contributed by atoms with Crippen molar-refractivity contribution in [2.24, 2.45) is 0 Å². The summed E-state index contributed by atoms with van der Waals surface area (Å²) in [5.74, 6) is 0.0639. The first-order chi connectivity index (χ1) is 4.79. The van der Waals surface area contributed by atoms with E-state index in [1.807, 2.05) is 0 Å². The van der Waals surface area contributed by atoms with E-state index in [2.05, 4.69) is 6.92 Å². The molecule has 0 aromatic heterocycles. The number of ketones is 1. The predicted octanol–water partition coefficient (Wildman–Crippen LogP) is -0.0705. The van der Waals surface area contributed by atoms with Gasteiger partial charge in [-0.3, -0.25) is 4.79 Å². The van der Waals surface area contributed by atoms with Crippen molar-refractivity contribution in [2.45, 2.75) is 25.0 Å².